The van der Waals surface area contributed by atoms with Gasteiger partial charge in [-0.05, 0) is 66.7 Å². The third-order valence-electron chi connectivity index (χ3n) is 4.18. The van der Waals surface area contributed by atoms with Crippen LogP contribution < -0.4 is 10.2 Å². The van der Waals surface area contributed by atoms with E-state index in [-0.39, 0.29) is 5.57 Å². The van der Waals surface area contributed by atoms with E-state index >= 15 is 0 Å². The number of benzene rings is 2. The predicted molar refractivity (Wildman–Crippen MR) is 109 cm³/mol. The Balaban J connectivity index is 1.85. The van der Waals surface area contributed by atoms with Gasteiger partial charge in [-0.15, -0.1) is 0 Å². The number of hydrogen-bond acceptors (Lipinski definition) is 3. The zero-order chi connectivity index (χ0) is 20.1. The summed E-state index contributed by atoms with van der Waals surface area (Å²) in [6, 6.07) is 18.9. The van der Waals surface area contributed by atoms with Crippen molar-refractivity contribution in [2.75, 3.05) is 24.3 Å². The van der Waals surface area contributed by atoms with Gasteiger partial charge in [-0.1, -0.05) is 0 Å². The first kappa shape index (κ1) is 18.9. The third kappa shape index (κ3) is 4.27. The van der Waals surface area contributed by atoms with E-state index in [0.717, 1.165) is 11.4 Å². The quantitative estimate of drug-likeness (QED) is 0.537. The van der Waals surface area contributed by atoms with Crippen molar-refractivity contribution in [3.63, 3.8) is 0 Å². The number of halogens is 1. The second-order valence-corrected chi connectivity index (χ2v) is 6.34. The summed E-state index contributed by atoms with van der Waals surface area (Å²) in [5, 5.41) is 12.0. The Kier molecular flexibility index (Phi) is 5.56. The van der Waals surface area contributed by atoms with Gasteiger partial charge in [-0.2, -0.15) is 5.26 Å². The van der Waals surface area contributed by atoms with Crippen molar-refractivity contribution >= 4 is 23.4 Å². The smallest absolute Gasteiger partial charge is 0.266 e. The molecule has 0 aliphatic heterocycles. The number of amides is 1. The molecule has 6 heteroatoms. The van der Waals surface area contributed by atoms with Gasteiger partial charge in [-0.25, -0.2) is 4.39 Å². The first-order valence-electron chi connectivity index (χ1n) is 8.62. The number of carbonyl (C=O) groups is 1. The summed E-state index contributed by atoms with van der Waals surface area (Å²) < 4.78 is 14.9. The summed E-state index contributed by atoms with van der Waals surface area (Å²) in [6.45, 7) is 0. The first-order chi connectivity index (χ1) is 13.5. The molecule has 0 saturated heterocycles. The summed E-state index contributed by atoms with van der Waals surface area (Å²) in [5.41, 5.74) is 3.06. The fraction of sp³-hybridized carbons (Fsp3) is 0.0909. The number of nitrogens with zero attached hydrogens (tertiary/aromatic N) is 3. The summed E-state index contributed by atoms with van der Waals surface area (Å²) in [6.07, 6.45) is 3.39. The van der Waals surface area contributed by atoms with Crippen molar-refractivity contribution in [2.24, 2.45) is 0 Å². The first-order valence-corrected chi connectivity index (χ1v) is 8.62. The number of nitrogens with one attached hydrogen (secondary N) is 1. The number of anilines is 2. The maximum absolute atomic E-state index is 13.0. The van der Waals surface area contributed by atoms with Gasteiger partial charge >= 0.3 is 0 Å². The van der Waals surface area contributed by atoms with Crippen LogP contribution in [0.4, 0.5) is 15.8 Å². The van der Waals surface area contributed by atoms with Gasteiger partial charge in [0.1, 0.15) is 17.5 Å². The summed E-state index contributed by atoms with van der Waals surface area (Å²) >= 11 is 0. The lowest BCUT2D eigenvalue weighted by Crippen LogP contribution is -2.13. The van der Waals surface area contributed by atoms with Crippen LogP contribution in [0, 0.1) is 17.1 Å². The average Bonchev–Trinajstić information content (AvgIpc) is 3.16. The summed E-state index contributed by atoms with van der Waals surface area (Å²) in [4.78, 5) is 14.4. The number of rotatable bonds is 5. The molecule has 1 heterocycles. The number of aromatic nitrogens is 1. The van der Waals surface area contributed by atoms with Crippen LogP contribution in [0.3, 0.4) is 0 Å². The standard InChI is InChI=1S/C22H19FN4O/c1-26(2)19-9-11-20(12-10-19)27-13-3-4-21(27)14-16(15-24)22(28)25-18-7-5-17(23)6-8-18/h3-14H,1-2H3,(H,25,28). The molecule has 2 aromatic carbocycles. The SMILES string of the molecule is CN(C)c1ccc(-n2cccc2C=C(C#N)C(=O)Nc2ccc(F)cc2)cc1. The maximum Gasteiger partial charge on any atom is 0.266 e. The van der Waals surface area contributed by atoms with Crippen LogP contribution in [0.5, 0.6) is 0 Å². The molecule has 5 nitrogen and oxygen atoms in total. The molecule has 3 rings (SSSR count). The fourth-order valence-electron chi connectivity index (χ4n) is 2.69. The third-order valence-corrected chi connectivity index (χ3v) is 4.18. The van der Waals surface area contributed by atoms with E-state index in [1.165, 1.54) is 30.3 Å². The van der Waals surface area contributed by atoms with Gasteiger partial charge in [0.2, 0.25) is 0 Å². The number of nitriles is 1. The van der Waals surface area contributed by atoms with Crippen molar-refractivity contribution in [3.05, 3.63) is 83.9 Å². The minimum atomic E-state index is -0.551. The molecular weight excluding hydrogens is 355 g/mol. The lowest BCUT2D eigenvalue weighted by Gasteiger charge is -2.14. The monoisotopic (exact) mass is 374 g/mol. The Labute approximate surface area is 162 Å². The van der Waals surface area contributed by atoms with Crippen molar-refractivity contribution in [1.82, 2.24) is 4.57 Å². The molecule has 1 aromatic heterocycles. The molecule has 0 aliphatic rings. The van der Waals surface area contributed by atoms with Crippen molar-refractivity contribution in [2.45, 2.75) is 0 Å². The van der Waals surface area contributed by atoms with Crippen molar-refractivity contribution in [3.8, 4) is 11.8 Å². The van der Waals surface area contributed by atoms with Crippen LogP contribution in [0.2, 0.25) is 0 Å². The zero-order valence-corrected chi connectivity index (χ0v) is 15.6. The molecule has 0 fully saturated rings. The number of carbonyl (C=O) groups excluding carboxylic acids is 1. The summed E-state index contributed by atoms with van der Waals surface area (Å²) in [5.74, 6) is -0.947. The Morgan fingerprint density at radius 1 is 1.11 bits per heavy atom. The normalized spacial score (nSPS) is 11.0. The van der Waals surface area contributed by atoms with E-state index in [2.05, 4.69) is 5.32 Å². The molecule has 0 bridgehead atoms. The highest BCUT2D eigenvalue weighted by molar-refractivity contribution is 6.09. The molecule has 0 radical (unpaired) electrons. The van der Waals surface area contributed by atoms with E-state index in [9.17, 15) is 14.4 Å². The molecular formula is C22H19FN4O. The molecule has 1 amide bonds. The zero-order valence-electron chi connectivity index (χ0n) is 15.6. The van der Waals surface area contributed by atoms with Crippen LogP contribution >= 0.6 is 0 Å². The highest BCUT2D eigenvalue weighted by atomic mass is 19.1. The van der Waals surface area contributed by atoms with Crippen molar-refractivity contribution in [1.29, 1.82) is 5.26 Å². The van der Waals surface area contributed by atoms with E-state index in [1.54, 1.807) is 0 Å². The van der Waals surface area contributed by atoms with E-state index in [0.29, 0.717) is 11.4 Å². The average molecular weight is 374 g/mol. The Morgan fingerprint density at radius 2 is 1.79 bits per heavy atom. The van der Waals surface area contributed by atoms with E-state index < -0.39 is 11.7 Å². The minimum Gasteiger partial charge on any atom is -0.378 e. The Morgan fingerprint density at radius 3 is 2.39 bits per heavy atom. The van der Waals surface area contributed by atoms with Crippen LogP contribution in [-0.4, -0.2) is 24.6 Å². The highest BCUT2D eigenvalue weighted by Crippen LogP contribution is 2.19. The topological polar surface area (TPSA) is 61.1 Å². The molecule has 1 N–H and O–H groups in total. The predicted octanol–water partition coefficient (Wildman–Crippen LogP) is 4.23. The van der Waals surface area contributed by atoms with Gasteiger partial charge in [0, 0.05) is 43.0 Å². The molecule has 140 valence electrons. The van der Waals surface area contributed by atoms with Crippen molar-refractivity contribution < 1.29 is 9.18 Å². The second kappa shape index (κ2) is 8.23. The molecule has 0 spiro atoms. The summed E-state index contributed by atoms with van der Waals surface area (Å²) in [7, 11) is 3.94. The van der Waals surface area contributed by atoms with Crippen LogP contribution in [-0.2, 0) is 4.79 Å². The molecule has 28 heavy (non-hydrogen) atoms. The van der Waals surface area contributed by atoms with Gasteiger partial charge in [0.15, 0.2) is 0 Å². The fourth-order valence-corrected chi connectivity index (χ4v) is 2.69. The highest BCUT2D eigenvalue weighted by Gasteiger charge is 2.11. The van der Waals surface area contributed by atoms with Crippen LogP contribution in [0.25, 0.3) is 11.8 Å². The van der Waals surface area contributed by atoms with Crippen LogP contribution in [0.15, 0.2) is 72.4 Å². The lowest BCUT2D eigenvalue weighted by atomic mass is 10.2. The molecule has 0 saturated carbocycles. The van der Waals surface area contributed by atoms with Gasteiger partial charge in [0.25, 0.3) is 5.91 Å². The molecule has 0 atom stereocenters. The molecule has 3 aromatic rings. The lowest BCUT2D eigenvalue weighted by molar-refractivity contribution is -0.112. The molecule has 0 aliphatic carbocycles. The van der Waals surface area contributed by atoms with Gasteiger partial charge < -0.3 is 14.8 Å². The van der Waals surface area contributed by atoms with Gasteiger partial charge in [0.05, 0.1) is 0 Å². The van der Waals surface area contributed by atoms with E-state index in [4.69, 9.17) is 0 Å². The van der Waals surface area contributed by atoms with E-state index in [1.807, 2.05) is 72.2 Å². The van der Waals surface area contributed by atoms with Gasteiger partial charge in [-0.3, -0.25) is 4.79 Å². The maximum atomic E-state index is 13.0. The van der Waals surface area contributed by atoms with Crippen LogP contribution in [0.1, 0.15) is 5.69 Å². The Bertz CT molecular complexity index is 1040. The Hall–Kier alpha value is -3.85. The number of hydrogen-bond donors (Lipinski definition) is 1. The second-order valence-electron chi connectivity index (χ2n) is 6.34. The largest absolute Gasteiger partial charge is 0.378 e. The molecule has 0 unspecified atom stereocenters. The minimum absolute atomic E-state index is 0.0470.